The molecule has 2 rings (SSSR count). The number of nitrogens with zero attached hydrogens (tertiary/aromatic N) is 5. The van der Waals surface area contributed by atoms with Crippen molar-refractivity contribution in [3.05, 3.63) is 39.8 Å². The molecule has 0 aliphatic carbocycles. The first-order valence-electron chi connectivity index (χ1n) is 11.2. The van der Waals surface area contributed by atoms with Gasteiger partial charge in [-0.25, -0.2) is 0 Å². The zero-order chi connectivity index (χ0) is 25.5. The Hall–Kier alpha value is -2.90. The molecule has 0 amide bonds. The molecule has 2 N–H and O–H groups in total. The van der Waals surface area contributed by atoms with E-state index in [1.54, 1.807) is 6.92 Å². The van der Waals surface area contributed by atoms with Gasteiger partial charge in [0.25, 0.3) is 0 Å². The molecule has 188 valence electrons. The van der Waals surface area contributed by atoms with Gasteiger partial charge in [0.2, 0.25) is 0 Å². The molecule has 0 fully saturated rings. The van der Waals surface area contributed by atoms with Crippen LogP contribution < -0.4 is 4.90 Å². The van der Waals surface area contributed by atoms with E-state index in [1.165, 1.54) is 0 Å². The number of ether oxygens (including phenoxy) is 3. The van der Waals surface area contributed by atoms with Gasteiger partial charge in [0.1, 0.15) is 17.0 Å². The molecule has 10 nitrogen and oxygen atoms in total. The molecule has 1 heterocycles. The molecule has 0 saturated heterocycles. The predicted octanol–water partition coefficient (Wildman–Crippen LogP) is 3.36. The predicted molar refractivity (Wildman–Crippen MR) is 133 cm³/mol. The summed E-state index contributed by atoms with van der Waals surface area (Å²) in [6.45, 7) is 7.24. The molecule has 0 spiro atoms. The average Bonchev–Trinajstić information content (AvgIpc) is 3.18. The molecule has 35 heavy (non-hydrogen) atoms. The number of aryl methyl sites for hydroxylation is 1. The van der Waals surface area contributed by atoms with Crippen molar-refractivity contribution < 1.29 is 24.4 Å². The van der Waals surface area contributed by atoms with E-state index in [-0.39, 0.29) is 19.8 Å². The first kappa shape index (κ1) is 28.3. The summed E-state index contributed by atoms with van der Waals surface area (Å²) < 4.78 is 16.3. The Morgan fingerprint density at radius 3 is 2.09 bits per heavy atom. The number of aliphatic hydroxyl groups is 2. The number of rotatable bonds is 16. The third-order valence-corrected chi connectivity index (χ3v) is 6.07. The number of thiophene rings is 1. The highest BCUT2D eigenvalue weighted by Crippen LogP contribution is 2.36. The minimum atomic E-state index is -0.0249. The van der Waals surface area contributed by atoms with Crippen LogP contribution in [0.1, 0.15) is 21.6 Å². The highest BCUT2D eigenvalue weighted by atomic mass is 32.1. The molecule has 0 unspecified atom stereocenters. The Balaban J connectivity index is 2.08. The molecule has 0 aliphatic heterocycles. The van der Waals surface area contributed by atoms with Crippen LogP contribution in [0, 0.1) is 36.5 Å². The van der Waals surface area contributed by atoms with E-state index in [4.69, 9.17) is 24.4 Å². The van der Waals surface area contributed by atoms with Gasteiger partial charge < -0.3 is 29.3 Å². The topological polar surface area (TPSA) is 144 Å². The number of hydrogen-bond donors (Lipinski definition) is 2. The Kier molecular flexibility index (Phi) is 12.9. The van der Waals surface area contributed by atoms with Crippen molar-refractivity contribution in [1.82, 2.24) is 0 Å². The summed E-state index contributed by atoms with van der Waals surface area (Å²) in [5, 5.41) is 45.3. The van der Waals surface area contributed by atoms with Gasteiger partial charge in [0.15, 0.2) is 5.00 Å². The van der Waals surface area contributed by atoms with Gasteiger partial charge in [-0.1, -0.05) is 0 Å². The monoisotopic (exact) mass is 501 g/mol. The summed E-state index contributed by atoms with van der Waals surface area (Å²) in [7, 11) is 0. The van der Waals surface area contributed by atoms with Crippen LogP contribution in [0.25, 0.3) is 0 Å². The molecule has 0 radical (unpaired) electrons. The minimum Gasteiger partial charge on any atom is -0.394 e. The van der Waals surface area contributed by atoms with Crippen molar-refractivity contribution in [3.8, 4) is 12.1 Å². The second-order valence-electron chi connectivity index (χ2n) is 7.40. The quantitative estimate of drug-likeness (QED) is 0.263. The summed E-state index contributed by atoms with van der Waals surface area (Å²) in [5.74, 6) is 0. The Labute approximate surface area is 209 Å². The number of nitriles is 2. The fourth-order valence-electron chi connectivity index (χ4n) is 3.13. The van der Waals surface area contributed by atoms with Crippen molar-refractivity contribution in [2.75, 3.05) is 70.8 Å². The second kappa shape index (κ2) is 15.9. The maximum absolute atomic E-state index is 9.39. The fraction of sp³-hybridized carbons (Fsp3) is 0.500. The van der Waals surface area contributed by atoms with E-state index in [9.17, 15) is 10.5 Å². The van der Waals surface area contributed by atoms with Crippen molar-refractivity contribution in [2.45, 2.75) is 13.8 Å². The zero-order valence-corrected chi connectivity index (χ0v) is 20.9. The SMILES string of the molecule is Cc1cc(N(CCOCCO)CCOCCOCCO)ccc1N=Nc1sc(C#N)c(C)c1C#N. The van der Waals surface area contributed by atoms with Crippen molar-refractivity contribution in [1.29, 1.82) is 10.5 Å². The second-order valence-corrected chi connectivity index (χ2v) is 8.40. The van der Waals surface area contributed by atoms with Gasteiger partial charge in [-0.05, 0) is 43.2 Å². The van der Waals surface area contributed by atoms with Crippen molar-refractivity contribution >= 4 is 27.7 Å². The van der Waals surface area contributed by atoms with Crippen LogP contribution in [-0.2, 0) is 14.2 Å². The molecule has 0 atom stereocenters. The lowest BCUT2D eigenvalue weighted by Crippen LogP contribution is -2.31. The van der Waals surface area contributed by atoms with E-state index < -0.39 is 0 Å². The molecular weight excluding hydrogens is 470 g/mol. The third kappa shape index (κ3) is 9.00. The molecule has 1 aromatic heterocycles. The van der Waals surface area contributed by atoms with E-state index >= 15 is 0 Å². The molecule has 2 aromatic rings. The third-order valence-electron chi connectivity index (χ3n) is 4.99. The van der Waals surface area contributed by atoms with Crippen LogP contribution >= 0.6 is 11.3 Å². The summed E-state index contributed by atoms with van der Waals surface area (Å²) in [6, 6.07) is 9.98. The molecule has 0 saturated carbocycles. The van der Waals surface area contributed by atoms with E-state index in [1.807, 2.05) is 25.1 Å². The van der Waals surface area contributed by atoms with E-state index in [0.29, 0.717) is 72.8 Å². The largest absolute Gasteiger partial charge is 0.394 e. The molecule has 1 aromatic carbocycles. The summed E-state index contributed by atoms with van der Waals surface area (Å²) in [6.07, 6.45) is 0. The van der Waals surface area contributed by atoms with Crippen LogP contribution in [0.3, 0.4) is 0 Å². The maximum Gasteiger partial charge on any atom is 0.158 e. The lowest BCUT2D eigenvalue weighted by molar-refractivity contribution is 0.0347. The first-order chi connectivity index (χ1) is 17.0. The van der Waals surface area contributed by atoms with E-state index in [2.05, 4.69) is 27.3 Å². The lowest BCUT2D eigenvalue weighted by Gasteiger charge is -2.25. The van der Waals surface area contributed by atoms with Crippen molar-refractivity contribution in [3.63, 3.8) is 0 Å². The first-order valence-corrected chi connectivity index (χ1v) is 12.0. The van der Waals surface area contributed by atoms with E-state index in [0.717, 1.165) is 22.6 Å². The Morgan fingerprint density at radius 1 is 0.886 bits per heavy atom. The summed E-state index contributed by atoms with van der Waals surface area (Å²) in [4.78, 5) is 2.58. The van der Waals surface area contributed by atoms with Gasteiger partial charge in [0.05, 0.1) is 64.1 Å². The zero-order valence-electron chi connectivity index (χ0n) is 20.1. The summed E-state index contributed by atoms with van der Waals surface area (Å²) >= 11 is 1.15. The van der Waals surface area contributed by atoms with Gasteiger partial charge in [-0.2, -0.15) is 10.5 Å². The average molecular weight is 502 g/mol. The number of benzene rings is 1. The van der Waals surface area contributed by atoms with Gasteiger partial charge in [-0.3, -0.25) is 0 Å². The Bertz CT molecular complexity index is 1040. The normalized spacial score (nSPS) is 11.0. The van der Waals surface area contributed by atoms with Gasteiger partial charge in [0, 0.05) is 18.8 Å². The number of aliphatic hydroxyl groups excluding tert-OH is 2. The molecule has 11 heteroatoms. The van der Waals surface area contributed by atoms with Crippen LogP contribution in [0.2, 0.25) is 0 Å². The fourth-order valence-corrected chi connectivity index (χ4v) is 4.00. The highest BCUT2D eigenvalue weighted by molar-refractivity contribution is 7.16. The van der Waals surface area contributed by atoms with Crippen molar-refractivity contribution in [2.24, 2.45) is 10.2 Å². The standard InChI is InChI=1S/C24H31N5O5S/c1-18-15-20(29(5-9-32-11-7-30)6-10-33-13-14-34-12-8-31)3-4-22(18)27-28-24-21(16-25)19(2)23(17-26)35-24/h3-4,15,30-31H,5-14H2,1-2H3. The molecule has 0 aliphatic rings. The minimum absolute atomic E-state index is 0.0100. The Morgan fingerprint density at radius 2 is 1.51 bits per heavy atom. The number of azo groups is 1. The van der Waals surface area contributed by atoms with Crippen LogP contribution in [0.5, 0.6) is 0 Å². The van der Waals surface area contributed by atoms with Crippen LogP contribution in [-0.4, -0.2) is 76.2 Å². The molecular formula is C24H31N5O5S. The highest BCUT2D eigenvalue weighted by Gasteiger charge is 2.15. The number of hydrogen-bond acceptors (Lipinski definition) is 11. The lowest BCUT2D eigenvalue weighted by atomic mass is 10.1. The van der Waals surface area contributed by atoms with Crippen LogP contribution in [0.4, 0.5) is 16.4 Å². The van der Waals surface area contributed by atoms with Gasteiger partial charge in [-0.15, -0.1) is 21.6 Å². The smallest absolute Gasteiger partial charge is 0.158 e. The number of anilines is 1. The maximum atomic E-state index is 9.39. The molecule has 0 bridgehead atoms. The summed E-state index contributed by atoms with van der Waals surface area (Å²) in [5.41, 5.74) is 3.53. The van der Waals surface area contributed by atoms with Crippen LogP contribution in [0.15, 0.2) is 28.4 Å². The van der Waals surface area contributed by atoms with Gasteiger partial charge >= 0.3 is 0 Å².